The quantitative estimate of drug-likeness (QED) is 0.818. The SMILES string of the molecule is CC(C)NC(=O)CC(c1ccccc1)C(Cl)Cl. The number of carbonyl (C=O) groups is 1. The van der Waals surface area contributed by atoms with Gasteiger partial charge >= 0.3 is 0 Å². The van der Waals surface area contributed by atoms with Crippen LogP contribution in [0.2, 0.25) is 0 Å². The summed E-state index contributed by atoms with van der Waals surface area (Å²) in [7, 11) is 0. The molecule has 1 N–H and O–H groups in total. The van der Waals surface area contributed by atoms with E-state index >= 15 is 0 Å². The van der Waals surface area contributed by atoms with Crippen LogP contribution in [0.4, 0.5) is 0 Å². The van der Waals surface area contributed by atoms with Crippen LogP contribution in [0, 0.1) is 0 Å². The van der Waals surface area contributed by atoms with Gasteiger partial charge in [0.1, 0.15) is 4.84 Å². The van der Waals surface area contributed by atoms with E-state index in [1.54, 1.807) is 0 Å². The second-order valence-corrected chi connectivity index (χ2v) is 5.44. The molecule has 0 radical (unpaired) electrons. The molecule has 1 amide bonds. The molecule has 0 aliphatic heterocycles. The van der Waals surface area contributed by atoms with Crippen molar-refractivity contribution in [2.24, 2.45) is 0 Å². The summed E-state index contributed by atoms with van der Waals surface area (Å²) in [5, 5.41) is 2.84. The monoisotopic (exact) mass is 273 g/mol. The van der Waals surface area contributed by atoms with Crippen LogP contribution in [-0.2, 0) is 4.79 Å². The Balaban J connectivity index is 2.71. The number of hydrogen-bond donors (Lipinski definition) is 1. The summed E-state index contributed by atoms with van der Waals surface area (Å²) in [6.45, 7) is 3.85. The fraction of sp³-hybridized carbons (Fsp3) is 0.462. The molecule has 0 heterocycles. The van der Waals surface area contributed by atoms with Crippen LogP contribution in [0.3, 0.4) is 0 Å². The molecule has 2 nitrogen and oxygen atoms in total. The fourth-order valence-electron chi connectivity index (χ4n) is 1.63. The van der Waals surface area contributed by atoms with Crippen LogP contribution < -0.4 is 5.32 Å². The van der Waals surface area contributed by atoms with Gasteiger partial charge in [0.15, 0.2) is 0 Å². The number of alkyl halides is 2. The molecular formula is C13H17Cl2NO. The van der Waals surface area contributed by atoms with Crippen molar-refractivity contribution >= 4 is 29.1 Å². The van der Waals surface area contributed by atoms with E-state index < -0.39 is 4.84 Å². The van der Waals surface area contributed by atoms with Gasteiger partial charge in [-0.15, -0.1) is 23.2 Å². The number of rotatable bonds is 5. The van der Waals surface area contributed by atoms with E-state index in [2.05, 4.69) is 5.32 Å². The molecule has 4 heteroatoms. The van der Waals surface area contributed by atoms with Gasteiger partial charge in [-0.2, -0.15) is 0 Å². The van der Waals surface area contributed by atoms with Crippen LogP contribution in [0.15, 0.2) is 30.3 Å². The summed E-state index contributed by atoms with van der Waals surface area (Å²) in [5.74, 6) is -0.196. The van der Waals surface area contributed by atoms with Gasteiger partial charge in [-0.25, -0.2) is 0 Å². The molecule has 1 aromatic carbocycles. The van der Waals surface area contributed by atoms with Crippen molar-refractivity contribution in [3.63, 3.8) is 0 Å². The van der Waals surface area contributed by atoms with Crippen molar-refractivity contribution < 1.29 is 4.79 Å². The number of benzene rings is 1. The van der Waals surface area contributed by atoms with Crippen molar-refractivity contribution in [2.45, 2.75) is 37.1 Å². The summed E-state index contributed by atoms with van der Waals surface area (Å²) in [6.07, 6.45) is 0.305. The Bertz CT molecular complexity index is 352. The lowest BCUT2D eigenvalue weighted by molar-refractivity contribution is -0.121. The summed E-state index contributed by atoms with van der Waals surface area (Å²) < 4.78 is 0. The molecule has 1 aromatic rings. The average Bonchev–Trinajstić information content (AvgIpc) is 2.25. The van der Waals surface area contributed by atoms with Gasteiger partial charge in [0, 0.05) is 18.4 Å². The molecule has 1 rings (SSSR count). The number of amides is 1. The molecular weight excluding hydrogens is 257 g/mol. The molecule has 17 heavy (non-hydrogen) atoms. The van der Waals surface area contributed by atoms with Gasteiger partial charge in [0.25, 0.3) is 0 Å². The standard InChI is InChI=1S/C13H17Cl2NO/c1-9(2)16-12(17)8-11(13(14)15)10-6-4-3-5-7-10/h3-7,9,11,13H,8H2,1-2H3,(H,16,17). The lowest BCUT2D eigenvalue weighted by Gasteiger charge is -2.18. The number of carbonyl (C=O) groups excluding carboxylic acids is 1. The smallest absolute Gasteiger partial charge is 0.220 e. The molecule has 0 spiro atoms. The lowest BCUT2D eigenvalue weighted by atomic mass is 9.97. The molecule has 0 aromatic heterocycles. The molecule has 0 aliphatic rings. The second kappa shape index (κ2) is 6.87. The zero-order valence-electron chi connectivity index (χ0n) is 9.99. The number of nitrogens with one attached hydrogen (secondary N) is 1. The zero-order chi connectivity index (χ0) is 12.8. The van der Waals surface area contributed by atoms with Gasteiger partial charge in [-0.05, 0) is 19.4 Å². The third-order valence-electron chi connectivity index (χ3n) is 2.39. The first-order valence-electron chi connectivity index (χ1n) is 5.63. The highest BCUT2D eigenvalue weighted by atomic mass is 35.5. The molecule has 0 aliphatic carbocycles. The van der Waals surface area contributed by atoms with Gasteiger partial charge in [-0.3, -0.25) is 4.79 Å². The molecule has 1 unspecified atom stereocenters. The predicted molar refractivity (Wildman–Crippen MR) is 72.6 cm³/mol. The van der Waals surface area contributed by atoms with E-state index in [0.29, 0.717) is 6.42 Å². The molecule has 0 bridgehead atoms. The Morgan fingerprint density at radius 1 is 1.24 bits per heavy atom. The Morgan fingerprint density at radius 3 is 2.29 bits per heavy atom. The van der Waals surface area contributed by atoms with E-state index in [4.69, 9.17) is 23.2 Å². The van der Waals surface area contributed by atoms with Gasteiger partial charge in [-0.1, -0.05) is 30.3 Å². The maximum absolute atomic E-state index is 11.7. The maximum atomic E-state index is 11.7. The highest BCUT2D eigenvalue weighted by Crippen LogP contribution is 2.29. The van der Waals surface area contributed by atoms with Gasteiger partial charge in [0.2, 0.25) is 5.91 Å². The Hall–Kier alpha value is -0.730. The summed E-state index contributed by atoms with van der Waals surface area (Å²) >= 11 is 11.9. The third-order valence-corrected chi connectivity index (χ3v) is 3.00. The minimum absolute atomic E-state index is 0.0276. The van der Waals surface area contributed by atoms with Crippen LogP contribution >= 0.6 is 23.2 Å². The molecule has 0 fully saturated rings. The normalized spacial score (nSPS) is 12.8. The predicted octanol–water partition coefficient (Wildman–Crippen LogP) is 3.49. The molecule has 1 atom stereocenters. The van der Waals surface area contributed by atoms with Crippen LogP contribution in [0.5, 0.6) is 0 Å². The average molecular weight is 274 g/mol. The van der Waals surface area contributed by atoms with Crippen molar-refractivity contribution in [1.29, 1.82) is 0 Å². The van der Waals surface area contributed by atoms with Crippen molar-refractivity contribution in [3.05, 3.63) is 35.9 Å². The van der Waals surface area contributed by atoms with E-state index in [1.165, 1.54) is 0 Å². The first kappa shape index (κ1) is 14.3. The van der Waals surface area contributed by atoms with E-state index in [-0.39, 0.29) is 17.9 Å². The highest BCUT2D eigenvalue weighted by Gasteiger charge is 2.22. The van der Waals surface area contributed by atoms with Crippen molar-refractivity contribution in [3.8, 4) is 0 Å². The fourth-order valence-corrected chi connectivity index (χ4v) is 2.10. The lowest BCUT2D eigenvalue weighted by Crippen LogP contribution is -2.32. The molecule has 94 valence electrons. The topological polar surface area (TPSA) is 29.1 Å². The van der Waals surface area contributed by atoms with E-state index in [9.17, 15) is 4.79 Å². The second-order valence-electron chi connectivity index (χ2n) is 4.28. The Kier molecular flexibility index (Phi) is 5.79. The minimum Gasteiger partial charge on any atom is -0.354 e. The number of halogens is 2. The first-order chi connectivity index (χ1) is 8.00. The first-order valence-corrected chi connectivity index (χ1v) is 6.50. The number of hydrogen-bond acceptors (Lipinski definition) is 1. The minimum atomic E-state index is -0.588. The van der Waals surface area contributed by atoms with Gasteiger partial charge < -0.3 is 5.32 Å². The molecule has 0 saturated heterocycles. The molecule has 0 saturated carbocycles. The third kappa shape index (κ3) is 4.97. The van der Waals surface area contributed by atoms with Crippen LogP contribution in [-0.4, -0.2) is 16.8 Å². The zero-order valence-corrected chi connectivity index (χ0v) is 11.5. The largest absolute Gasteiger partial charge is 0.354 e. The van der Waals surface area contributed by atoms with Crippen LogP contribution in [0.1, 0.15) is 31.7 Å². The van der Waals surface area contributed by atoms with Gasteiger partial charge in [0.05, 0.1) is 0 Å². The Labute approximate surface area is 112 Å². The Morgan fingerprint density at radius 2 is 1.82 bits per heavy atom. The van der Waals surface area contributed by atoms with Crippen molar-refractivity contribution in [1.82, 2.24) is 5.32 Å². The van der Waals surface area contributed by atoms with E-state index in [0.717, 1.165) is 5.56 Å². The summed E-state index contributed by atoms with van der Waals surface area (Å²) in [6, 6.07) is 9.75. The van der Waals surface area contributed by atoms with Crippen LogP contribution in [0.25, 0.3) is 0 Å². The maximum Gasteiger partial charge on any atom is 0.220 e. The summed E-state index contributed by atoms with van der Waals surface area (Å²) in [4.78, 5) is 11.1. The highest BCUT2D eigenvalue weighted by molar-refractivity contribution is 6.44. The van der Waals surface area contributed by atoms with Crippen molar-refractivity contribution in [2.75, 3.05) is 0 Å². The van der Waals surface area contributed by atoms with E-state index in [1.807, 2.05) is 44.2 Å². The summed E-state index contributed by atoms with van der Waals surface area (Å²) in [5.41, 5.74) is 0.987.